The first-order valence-electron chi connectivity index (χ1n) is 5.88. The molecule has 0 aliphatic carbocycles. The summed E-state index contributed by atoms with van der Waals surface area (Å²) in [5.41, 5.74) is 0. The first-order valence-corrected chi connectivity index (χ1v) is 6.26. The van der Waals surface area contributed by atoms with E-state index < -0.39 is 12.1 Å². The molecule has 0 aliphatic rings. The highest BCUT2D eigenvalue weighted by molar-refractivity contribution is 6.30. The van der Waals surface area contributed by atoms with Gasteiger partial charge in [-0.25, -0.2) is 0 Å². The van der Waals surface area contributed by atoms with Crippen molar-refractivity contribution in [3.8, 4) is 5.75 Å². The van der Waals surface area contributed by atoms with Gasteiger partial charge in [0, 0.05) is 12.1 Å². The zero-order valence-corrected chi connectivity index (χ0v) is 11.8. The van der Waals surface area contributed by atoms with Crippen molar-refractivity contribution in [1.82, 2.24) is 10.6 Å². The molecule has 0 bridgehead atoms. The lowest BCUT2D eigenvalue weighted by atomic mass is 10.2. The summed E-state index contributed by atoms with van der Waals surface area (Å²) in [6.07, 6.45) is -0.701. The van der Waals surface area contributed by atoms with Crippen LogP contribution in [0.5, 0.6) is 5.75 Å². The van der Waals surface area contributed by atoms with Crippen LogP contribution in [-0.4, -0.2) is 31.0 Å². The third kappa shape index (κ3) is 4.79. The Bertz CT molecular complexity index is 448. The molecule has 104 valence electrons. The van der Waals surface area contributed by atoms with Crippen LogP contribution in [0.4, 0.5) is 0 Å². The zero-order valence-electron chi connectivity index (χ0n) is 11.1. The Morgan fingerprint density at radius 1 is 1.16 bits per heavy atom. The summed E-state index contributed by atoms with van der Waals surface area (Å²) in [7, 11) is 1.51. The monoisotopic (exact) mass is 284 g/mol. The second-order valence-electron chi connectivity index (χ2n) is 4.06. The maximum absolute atomic E-state index is 11.8. The number of benzene rings is 1. The summed E-state index contributed by atoms with van der Waals surface area (Å²) >= 11 is 5.75. The average molecular weight is 285 g/mol. The van der Waals surface area contributed by atoms with Crippen LogP contribution in [0.2, 0.25) is 5.02 Å². The fourth-order valence-corrected chi connectivity index (χ4v) is 1.51. The van der Waals surface area contributed by atoms with E-state index in [-0.39, 0.29) is 11.8 Å². The Kier molecular flexibility index (Phi) is 5.63. The lowest BCUT2D eigenvalue weighted by molar-refractivity contribution is -0.132. The van der Waals surface area contributed by atoms with Gasteiger partial charge in [-0.3, -0.25) is 9.59 Å². The van der Waals surface area contributed by atoms with Gasteiger partial charge in [-0.15, -0.1) is 0 Å². The van der Waals surface area contributed by atoms with Gasteiger partial charge >= 0.3 is 0 Å². The molecule has 0 aromatic heterocycles. The van der Waals surface area contributed by atoms with Crippen LogP contribution in [0.1, 0.15) is 13.8 Å². The Balaban J connectivity index is 2.53. The molecule has 0 unspecified atom stereocenters. The van der Waals surface area contributed by atoms with Crippen LogP contribution in [0.25, 0.3) is 0 Å². The highest BCUT2D eigenvalue weighted by atomic mass is 35.5. The molecule has 1 aromatic rings. The van der Waals surface area contributed by atoms with Crippen molar-refractivity contribution in [2.24, 2.45) is 0 Å². The van der Waals surface area contributed by atoms with Gasteiger partial charge in [-0.1, -0.05) is 11.6 Å². The van der Waals surface area contributed by atoms with Gasteiger partial charge in [0.2, 0.25) is 5.91 Å². The summed E-state index contributed by atoms with van der Waals surface area (Å²) in [4.78, 5) is 23.1. The predicted molar refractivity (Wildman–Crippen MR) is 73.2 cm³/mol. The summed E-state index contributed by atoms with van der Waals surface area (Å²) < 4.78 is 5.44. The van der Waals surface area contributed by atoms with Crippen molar-refractivity contribution in [2.75, 3.05) is 7.05 Å². The highest BCUT2D eigenvalue weighted by Crippen LogP contribution is 2.16. The number of amides is 2. The lowest BCUT2D eigenvalue weighted by Crippen LogP contribution is -2.47. The number of carbonyl (C=O) groups is 2. The molecule has 1 rings (SSSR count). The Morgan fingerprint density at radius 2 is 1.74 bits per heavy atom. The lowest BCUT2D eigenvalue weighted by Gasteiger charge is -2.17. The van der Waals surface area contributed by atoms with Crippen molar-refractivity contribution in [1.29, 1.82) is 0 Å². The molecule has 0 heterocycles. The van der Waals surface area contributed by atoms with Gasteiger partial charge < -0.3 is 15.4 Å². The Hall–Kier alpha value is -1.75. The van der Waals surface area contributed by atoms with E-state index in [0.29, 0.717) is 10.8 Å². The molecule has 1 aromatic carbocycles. The molecule has 0 aliphatic heterocycles. The Morgan fingerprint density at radius 3 is 2.26 bits per heavy atom. The Labute approximate surface area is 117 Å². The number of hydrogen-bond donors (Lipinski definition) is 2. The first-order chi connectivity index (χ1) is 8.93. The third-order valence-corrected chi connectivity index (χ3v) is 2.75. The van der Waals surface area contributed by atoms with E-state index in [1.807, 2.05) is 0 Å². The van der Waals surface area contributed by atoms with E-state index in [1.165, 1.54) is 7.05 Å². The highest BCUT2D eigenvalue weighted by Gasteiger charge is 2.19. The molecule has 0 saturated heterocycles. The zero-order chi connectivity index (χ0) is 14.4. The molecule has 0 fully saturated rings. The summed E-state index contributed by atoms with van der Waals surface area (Å²) in [5, 5.41) is 5.61. The van der Waals surface area contributed by atoms with Crippen molar-refractivity contribution >= 4 is 23.4 Å². The molecule has 5 nitrogen and oxygen atoms in total. The maximum Gasteiger partial charge on any atom is 0.261 e. The standard InChI is InChI=1S/C13H17ClN2O3/c1-8(12(17)15-3)16-13(18)9(2)19-11-6-4-10(14)5-7-11/h4-9H,1-3H3,(H,15,17)(H,16,18)/t8-,9-/m0/s1. The minimum absolute atomic E-state index is 0.257. The number of ether oxygens (including phenoxy) is 1. The van der Waals surface area contributed by atoms with Crippen molar-refractivity contribution in [3.05, 3.63) is 29.3 Å². The quantitative estimate of drug-likeness (QED) is 0.858. The van der Waals surface area contributed by atoms with Gasteiger partial charge in [0.25, 0.3) is 5.91 Å². The number of carbonyl (C=O) groups excluding carboxylic acids is 2. The second kappa shape index (κ2) is 6.99. The molecule has 6 heteroatoms. The smallest absolute Gasteiger partial charge is 0.261 e. The van der Waals surface area contributed by atoms with E-state index in [4.69, 9.17) is 16.3 Å². The third-order valence-electron chi connectivity index (χ3n) is 2.49. The molecule has 0 saturated carbocycles. The molecule has 2 N–H and O–H groups in total. The van der Waals surface area contributed by atoms with Crippen molar-refractivity contribution < 1.29 is 14.3 Å². The molecule has 2 amide bonds. The molecular formula is C13H17ClN2O3. The fourth-order valence-electron chi connectivity index (χ4n) is 1.38. The van der Waals surface area contributed by atoms with E-state index in [9.17, 15) is 9.59 Å². The van der Waals surface area contributed by atoms with Crippen LogP contribution in [0.3, 0.4) is 0 Å². The predicted octanol–water partition coefficient (Wildman–Crippen LogP) is 1.36. The van der Waals surface area contributed by atoms with Crippen LogP contribution >= 0.6 is 11.6 Å². The summed E-state index contributed by atoms with van der Waals surface area (Å²) in [6, 6.07) is 6.10. The van der Waals surface area contributed by atoms with Gasteiger partial charge in [0.05, 0.1) is 0 Å². The summed E-state index contributed by atoms with van der Waals surface area (Å²) in [6.45, 7) is 3.21. The van der Waals surface area contributed by atoms with E-state index in [1.54, 1.807) is 38.1 Å². The van der Waals surface area contributed by atoms with E-state index >= 15 is 0 Å². The van der Waals surface area contributed by atoms with E-state index in [0.717, 1.165) is 0 Å². The number of halogens is 1. The van der Waals surface area contributed by atoms with Crippen LogP contribution in [0, 0.1) is 0 Å². The normalized spacial score (nSPS) is 13.3. The van der Waals surface area contributed by atoms with Gasteiger partial charge in [0.15, 0.2) is 6.10 Å². The molecule has 19 heavy (non-hydrogen) atoms. The number of nitrogens with one attached hydrogen (secondary N) is 2. The summed E-state index contributed by atoms with van der Waals surface area (Å²) in [5.74, 6) is -0.0715. The SMILES string of the molecule is CNC(=O)[C@H](C)NC(=O)[C@H](C)Oc1ccc(Cl)cc1. The molecule has 0 radical (unpaired) electrons. The fraction of sp³-hybridized carbons (Fsp3) is 0.385. The minimum Gasteiger partial charge on any atom is -0.481 e. The van der Waals surface area contributed by atoms with Crippen molar-refractivity contribution in [3.63, 3.8) is 0 Å². The number of rotatable bonds is 5. The molecule has 0 spiro atoms. The van der Waals surface area contributed by atoms with Crippen LogP contribution < -0.4 is 15.4 Å². The van der Waals surface area contributed by atoms with Gasteiger partial charge in [-0.2, -0.15) is 0 Å². The minimum atomic E-state index is -0.701. The van der Waals surface area contributed by atoms with Crippen LogP contribution in [0.15, 0.2) is 24.3 Å². The first kappa shape index (κ1) is 15.3. The van der Waals surface area contributed by atoms with E-state index in [2.05, 4.69) is 10.6 Å². The molecular weight excluding hydrogens is 268 g/mol. The molecule has 2 atom stereocenters. The largest absolute Gasteiger partial charge is 0.481 e. The second-order valence-corrected chi connectivity index (χ2v) is 4.49. The van der Waals surface area contributed by atoms with Gasteiger partial charge in [0.1, 0.15) is 11.8 Å². The average Bonchev–Trinajstić information content (AvgIpc) is 2.40. The number of hydrogen-bond acceptors (Lipinski definition) is 3. The maximum atomic E-state index is 11.8. The van der Waals surface area contributed by atoms with Crippen molar-refractivity contribution in [2.45, 2.75) is 26.0 Å². The van der Waals surface area contributed by atoms with Gasteiger partial charge in [-0.05, 0) is 38.1 Å². The topological polar surface area (TPSA) is 67.4 Å². The number of likely N-dealkylation sites (N-methyl/N-ethyl adjacent to an activating group) is 1. The van der Waals surface area contributed by atoms with Crippen LogP contribution in [-0.2, 0) is 9.59 Å².